The molecule has 2 amide bonds. The average molecular weight is 497 g/mol. The number of aromatic nitrogens is 1. The lowest BCUT2D eigenvalue weighted by molar-refractivity contribution is -0.138. The maximum Gasteiger partial charge on any atom is 0.417 e. The van der Waals surface area contributed by atoms with Gasteiger partial charge >= 0.3 is 6.18 Å². The summed E-state index contributed by atoms with van der Waals surface area (Å²) in [6.07, 6.45) is -3.76. The van der Waals surface area contributed by atoms with Crippen LogP contribution in [0.3, 0.4) is 0 Å². The lowest BCUT2D eigenvalue weighted by Gasteiger charge is -2.37. The van der Waals surface area contributed by atoms with Gasteiger partial charge in [0, 0.05) is 37.9 Å². The summed E-state index contributed by atoms with van der Waals surface area (Å²) in [5, 5.41) is 2.65. The van der Waals surface area contributed by atoms with Gasteiger partial charge in [-0.1, -0.05) is 44.5 Å². The van der Waals surface area contributed by atoms with E-state index >= 15 is 0 Å². The highest BCUT2D eigenvalue weighted by Gasteiger charge is 2.33. The molecule has 1 aliphatic rings. The molecule has 1 atom stereocenters. The second-order valence-electron chi connectivity index (χ2n) is 9.36. The molecular weight excluding hydrogens is 469 g/mol. The van der Waals surface area contributed by atoms with Gasteiger partial charge in [-0.15, -0.1) is 0 Å². The monoisotopic (exact) mass is 496 g/mol. The number of carbonyl (C=O) groups excluding carboxylic acids is 2. The van der Waals surface area contributed by atoms with Crippen LogP contribution < -0.4 is 10.2 Å². The minimum Gasteiger partial charge on any atom is -0.352 e. The first-order chi connectivity index (χ1) is 15.8. The second kappa shape index (κ2) is 9.82. The van der Waals surface area contributed by atoms with Crippen molar-refractivity contribution in [1.82, 2.24) is 15.2 Å². The smallest absolute Gasteiger partial charge is 0.352 e. The van der Waals surface area contributed by atoms with Gasteiger partial charge in [0.1, 0.15) is 11.9 Å². The molecule has 3 rings (SSSR count). The van der Waals surface area contributed by atoms with Gasteiger partial charge in [0.15, 0.2) is 0 Å². The van der Waals surface area contributed by atoms with Gasteiger partial charge in [-0.3, -0.25) is 9.59 Å². The third kappa shape index (κ3) is 6.00. The molecule has 0 bridgehead atoms. The van der Waals surface area contributed by atoms with Crippen LogP contribution >= 0.6 is 11.6 Å². The molecule has 0 spiro atoms. The number of rotatable bonds is 4. The number of amides is 2. The van der Waals surface area contributed by atoms with Gasteiger partial charge in [0.25, 0.3) is 5.91 Å². The fraction of sp³-hybridized carbons (Fsp3) is 0.458. The molecule has 1 aromatic heterocycles. The van der Waals surface area contributed by atoms with E-state index < -0.39 is 17.8 Å². The summed E-state index contributed by atoms with van der Waals surface area (Å²) in [4.78, 5) is 32.7. The van der Waals surface area contributed by atoms with E-state index in [0.29, 0.717) is 31.7 Å². The lowest BCUT2D eigenvalue weighted by atomic mass is 9.86. The normalized spacial score (nSPS) is 15.8. The van der Waals surface area contributed by atoms with Gasteiger partial charge in [0.2, 0.25) is 5.91 Å². The maximum atomic E-state index is 12.8. The summed E-state index contributed by atoms with van der Waals surface area (Å²) in [6, 6.07) is 7.42. The zero-order chi connectivity index (χ0) is 25.3. The Morgan fingerprint density at radius 2 is 1.62 bits per heavy atom. The predicted octanol–water partition coefficient (Wildman–Crippen LogP) is 4.52. The Morgan fingerprint density at radius 3 is 2.12 bits per heavy atom. The SMILES string of the molecule is C[C@H](NC(=O)c1ccc(C(C)(C)C)cc1)C(=O)N1CCN(c2ncc(C(F)(F)F)cc2Cl)CC1. The molecule has 0 unspecified atom stereocenters. The molecule has 34 heavy (non-hydrogen) atoms. The molecule has 184 valence electrons. The third-order valence-electron chi connectivity index (χ3n) is 5.77. The summed E-state index contributed by atoms with van der Waals surface area (Å²) in [6.45, 7) is 9.27. The molecule has 2 aromatic rings. The molecule has 0 saturated carbocycles. The minimum absolute atomic E-state index is 0.0273. The highest BCUT2D eigenvalue weighted by atomic mass is 35.5. The van der Waals surface area contributed by atoms with Gasteiger partial charge in [-0.2, -0.15) is 13.2 Å². The van der Waals surface area contributed by atoms with Crippen molar-refractivity contribution in [2.45, 2.75) is 45.3 Å². The fourth-order valence-electron chi connectivity index (χ4n) is 3.69. The van der Waals surface area contributed by atoms with Crippen molar-refractivity contribution in [3.05, 3.63) is 58.2 Å². The van der Waals surface area contributed by atoms with E-state index in [2.05, 4.69) is 31.1 Å². The first-order valence-electron chi connectivity index (χ1n) is 11.0. The zero-order valence-corrected chi connectivity index (χ0v) is 20.3. The van der Waals surface area contributed by atoms with Gasteiger partial charge in [-0.05, 0) is 36.1 Å². The van der Waals surface area contributed by atoms with Crippen molar-refractivity contribution in [2.24, 2.45) is 0 Å². The lowest BCUT2D eigenvalue weighted by Crippen LogP contribution is -2.54. The van der Waals surface area contributed by atoms with Crippen LogP contribution in [0.5, 0.6) is 0 Å². The summed E-state index contributed by atoms with van der Waals surface area (Å²) in [5.74, 6) is -0.312. The predicted molar refractivity (Wildman–Crippen MR) is 125 cm³/mol. The van der Waals surface area contributed by atoms with Gasteiger partial charge < -0.3 is 15.1 Å². The van der Waals surface area contributed by atoms with E-state index in [-0.39, 0.29) is 28.1 Å². The highest BCUT2D eigenvalue weighted by Crippen LogP contribution is 2.33. The number of halogens is 4. The maximum absolute atomic E-state index is 12.8. The summed E-state index contributed by atoms with van der Waals surface area (Å²) in [5.41, 5.74) is 0.641. The molecule has 0 aliphatic carbocycles. The molecule has 2 heterocycles. The van der Waals surface area contributed by atoms with Crippen LogP contribution in [0.25, 0.3) is 0 Å². The van der Waals surface area contributed by atoms with Crippen molar-refractivity contribution in [3.63, 3.8) is 0 Å². The van der Waals surface area contributed by atoms with Crippen molar-refractivity contribution < 1.29 is 22.8 Å². The van der Waals surface area contributed by atoms with Crippen LogP contribution in [-0.2, 0) is 16.4 Å². The molecule has 1 aromatic carbocycles. The highest BCUT2D eigenvalue weighted by molar-refractivity contribution is 6.33. The summed E-state index contributed by atoms with van der Waals surface area (Å²) in [7, 11) is 0. The number of nitrogens with zero attached hydrogens (tertiary/aromatic N) is 3. The van der Waals surface area contributed by atoms with Crippen molar-refractivity contribution in [1.29, 1.82) is 0 Å². The van der Waals surface area contributed by atoms with Crippen LogP contribution in [0.4, 0.5) is 19.0 Å². The first kappa shape index (κ1) is 25.8. The number of alkyl halides is 3. The van der Waals surface area contributed by atoms with E-state index in [0.717, 1.165) is 17.8 Å². The third-order valence-corrected chi connectivity index (χ3v) is 6.05. The Balaban J connectivity index is 1.56. The number of pyridine rings is 1. The number of hydrogen-bond donors (Lipinski definition) is 1. The van der Waals surface area contributed by atoms with Crippen LogP contribution in [0.2, 0.25) is 5.02 Å². The van der Waals surface area contributed by atoms with E-state index in [1.807, 2.05) is 12.1 Å². The Hall–Kier alpha value is -2.81. The molecule has 6 nitrogen and oxygen atoms in total. The zero-order valence-electron chi connectivity index (χ0n) is 19.5. The second-order valence-corrected chi connectivity index (χ2v) is 9.77. The summed E-state index contributed by atoms with van der Waals surface area (Å²) >= 11 is 6.04. The number of hydrogen-bond acceptors (Lipinski definition) is 4. The largest absolute Gasteiger partial charge is 0.417 e. The molecular formula is C24H28ClF3N4O2. The Labute approximate surface area is 202 Å². The van der Waals surface area contributed by atoms with Crippen LogP contribution in [-0.4, -0.2) is 53.9 Å². The van der Waals surface area contributed by atoms with Crippen LogP contribution in [0.1, 0.15) is 49.2 Å². The fourth-order valence-corrected chi connectivity index (χ4v) is 3.98. The van der Waals surface area contributed by atoms with Crippen molar-refractivity contribution >= 4 is 29.2 Å². The molecule has 1 saturated heterocycles. The van der Waals surface area contributed by atoms with Crippen LogP contribution in [0.15, 0.2) is 36.5 Å². The Kier molecular flexibility index (Phi) is 7.45. The average Bonchev–Trinajstić information content (AvgIpc) is 2.77. The number of piperazine rings is 1. The minimum atomic E-state index is -4.52. The number of carbonyl (C=O) groups is 2. The Morgan fingerprint density at radius 1 is 1.03 bits per heavy atom. The molecule has 0 radical (unpaired) electrons. The molecule has 1 aliphatic heterocycles. The molecule has 10 heteroatoms. The topological polar surface area (TPSA) is 65.5 Å². The standard InChI is InChI=1S/C24H28ClF3N4O2/c1-15(30-21(33)16-5-7-17(8-6-16)23(2,3)4)22(34)32-11-9-31(10-12-32)20-19(25)13-18(14-29-20)24(26,27)28/h5-8,13-15H,9-12H2,1-4H3,(H,30,33)/t15-/m0/s1. The number of benzene rings is 1. The van der Waals surface area contributed by atoms with E-state index in [1.54, 1.807) is 28.9 Å². The molecule has 1 fully saturated rings. The van der Waals surface area contributed by atoms with Gasteiger partial charge in [-0.25, -0.2) is 4.98 Å². The quantitative estimate of drug-likeness (QED) is 0.676. The summed E-state index contributed by atoms with van der Waals surface area (Å²) < 4.78 is 38.5. The van der Waals surface area contributed by atoms with E-state index in [1.165, 1.54) is 0 Å². The van der Waals surface area contributed by atoms with Crippen LogP contribution in [0, 0.1) is 0 Å². The Bertz CT molecular complexity index is 1040. The van der Waals surface area contributed by atoms with Crippen molar-refractivity contribution in [2.75, 3.05) is 31.1 Å². The van der Waals surface area contributed by atoms with Gasteiger partial charge in [0.05, 0.1) is 10.6 Å². The number of anilines is 1. The van der Waals surface area contributed by atoms with Crippen molar-refractivity contribution in [3.8, 4) is 0 Å². The molecule has 1 N–H and O–H groups in total. The van der Waals surface area contributed by atoms with E-state index in [4.69, 9.17) is 11.6 Å². The van der Waals surface area contributed by atoms with E-state index in [9.17, 15) is 22.8 Å². The number of nitrogens with one attached hydrogen (secondary N) is 1. The first-order valence-corrected chi connectivity index (χ1v) is 11.3.